The second-order valence-corrected chi connectivity index (χ2v) is 5.38. The summed E-state index contributed by atoms with van der Waals surface area (Å²) >= 11 is 0. The topological polar surface area (TPSA) is 53.2 Å². The van der Waals surface area contributed by atoms with E-state index < -0.39 is 0 Å². The largest absolute Gasteiger partial charge is 0.338 e. The van der Waals surface area contributed by atoms with Gasteiger partial charge in [-0.2, -0.15) is 0 Å². The molecule has 0 bridgehead atoms. The smallest absolute Gasteiger partial charge is 0.315 e. The Bertz CT molecular complexity index is 233. The van der Waals surface area contributed by atoms with E-state index in [1.165, 1.54) is 25.7 Å². The molecule has 17 heavy (non-hydrogen) atoms. The van der Waals surface area contributed by atoms with Gasteiger partial charge in [0.1, 0.15) is 0 Å². The van der Waals surface area contributed by atoms with Gasteiger partial charge in [0.2, 0.25) is 0 Å². The monoisotopic (exact) mass is 239 g/mol. The first kappa shape index (κ1) is 12.7. The Kier molecular flexibility index (Phi) is 5.10. The maximum atomic E-state index is 11.6. The summed E-state index contributed by atoms with van der Waals surface area (Å²) in [7, 11) is 0. The van der Waals surface area contributed by atoms with E-state index in [9.17, 15) is 4.79 Å². The minimum Gasteiger partial charge on any atom is -0.338 e. The zero-order valence-electron chi connectivity index (χ0n) is 10.6. The highest BCUT2D eigenvalue weighted by atomic mass is 16.2. The van der Waals surface area contributed by atoms with Crippen molar-refractivity contribution in [1.29, 1.82) is 0 Å². The van der Waals surface area contributed by atoms with E-state index in [2.05, 4.69) is 16.0 Å². The number of rotatable bonds is 4. The molecule has 0 aromatic carbocycles. The van der Waals surface area contributed by atoms with Crippen molar-refractivity contribution in [3.63, 3.8) is 0 Å². The molecule has 2 aliphatic rings. The van der Waals surface area contributed by atoms with Gasteiger partial charge < -0.3 is 16.0 Å². The van der Waals surface area contributed by atoms with Crippen molar-refractivity contribution in [2.45, 2.75) is 51.0 Å². The molecule has 1 aliphatic carbocycles. The maximum Gasteiger partial charge on any atom is 0.315 e. The van der Waals surface area contributed by atoms with E-state index in [0.29, 0.717) is 6.04 Å². The standard InChI is InChI=1S/C13H25N3O/c17-13(16-12-5-1-2-6-12)15-9-7-11-4-3-8-14-10-11/h11-12,14H,1-10H2,(H2,15,16,17). The SMILES string of the molecule is O=C(NCCC1CCCNC1)NC1CCCC1. The zero-order valence-corrected chi connectivity index (χ0v) is 10.6. The van der Waals surface area contributed by atoms with Gasteiger partial charge >= 0.3 is 6.03 Å². The van der Waals surface area contributed by atoms with E-state index in [-0.39, 0.29) is 6.03 Å². The van der Waals surface area contributed by atoms with Crippen LogP contribution in [0.15, 0.2) is 0 Å². The second kappa shape index (κ2) is 6.84. The molecule has 1 saturated heterocycles. The minimum atomic E-state index is 0.0284. The normalized spacial score (nSPS) is 25.8. The first-order chi connectivity index (χ1) is 8.34. The highest BCUT2D eigenvalue weighted by Crippen LogP contribution is 2.17. The molecular formula is C13H25N3O. The highest BCUT2D eigenvalue weighted by Gasteiger charge is 2.17. The van der Waals surface area contributed by atoms with Crippen LogP contribution in [0.2, 0.25) is 0 Å². The Morgan fingerprint density at radius 2 is 2.00 bits per heavy atom. The fourth-order valence-electron chi connectivity index (χ4n) is 2.87. The Morgan fingerprint density at radius 3 is 2.71 bits per heavy atom. The molecule has 2 amide bonds. The fraction of sp³-hybridized carbons (Fsp3) is 0.923. The van der Waals surface area contributed by atoms with E-state index in [1.54, 1.807) is 0 Å². The van der Waals surface area contributed by atoms with Crippen molar-refractivity contribution < 1.29 is 4.79 Å². The molecule has 1 aliphatic heterocycles. The number of carbonyl (C=O) groups is 1. The van der Waals surface area contributed by atoms with Gasteiger partial charge in [-0.05, 0) is 51.1 Å². The molecule has 0 radical (unpaired) electrons. The van der Waals surface area contributed by atoms with Crippen molar-refractivity contribution in [2.75, 3.05) is 19.6 Å². The molecule has 0 aromatic heterocycles. The third-order valence-corrected chi connectivity index (χ3v) is 3.93. The molecule has 4 heteroatoms. The lowest BCUT2D eigenvalue weighted by atomic mass is 9.96. The lowest BCUT2D eigenvalue weighted by Crippen LogP contribution is -2.42. The first-order valence-electron chi connectivity index (χ1n) is 7.09. The van der Waals surface area contributed by atoms with E-state index in [0.717, 1.165) is 44.8 Å². The molecule has 4 nitrogen and oxygen atoms in total. The molecule has 2 rings (SSSR count). The van der Waals surface area contributed by atoms with Crippen LogP contribution in [0.4, 0.5) is 4.79 Å². The lowest BCUT2D eigenvalue weighted by molar-refractivity contribution is 0.235. The van der Waals surface area contributed by atoms with Crippen LogP contribution < -0.4 is 16.0 Å². The van der Waals surface area contributed by atoms with Crippen LogP contribution in [-0.2, 0) is 0 Å². The molecule has 2 fully saturated rings. The number of urea groups is 1. The summed E-state index contributed by atoms with van der Waals surface area (Å²) in [6, 6.07) is 0.451. The number of nitrogens with one attached hydrogen (secondary N) is 3. The molecule has 98 valence electrons. The van der Waals surface area contributed by atoms with Gasteiger partial charge in [0, 0.05) is 12.6 Å². The summed E-state index contributed by atoms with van der Waals surface area (Å²) in [5, 5.41) is 9.43. The molecule has 1 atom stereocenters. The van der Waals surface area contributed by atoms with Gasteiger partial charge in [-0.25, -0.2) is 4.79 Å². The Labute approximate surface area is 104 Å². The summed E-state index contributed by atoms with van der Waals surface area (Å²) in [4.78, 5) is 11.6. The minimum absolute atomic E-state index is 0.0284. The van der Waals surface area contributed by atoms with E-state index >= 15 is 0 Å². The third-order valence-electron chi connectivity index (χ3n) is 3.93. The molecule has 1 unspecified atom stereocenters. The predicted octanol–water partition coefficient (Wildman–Crippen LogP) is 1.62. The van der Waals surface area contributed by atoms with Crippen LogP contribution in [0, 0.1) is 5.92 Å². The lowest BCUT2D eigenvalue weighted by Gasteiger charge is -2.22. The number of carbonyl (C=O) groups excluding carboxylic acids is 1. The Balaban J connectivity index is 1.53. The van der Waals surface area contributed by atoms with E-state index in [4.69, 9.17) is 0 Å². The van der Waals surface area contributed by atoms with Crippen LogP contribution >= 0.6 is 0 Å². The zero-order chi connectivity index (χ0) is 11.9. The molecule has 3 N–H and O–H groups in total. The maximum absolute atomic E-state index is 11.6. The van der Waals surface area contributed by atoms with Gasteiger partial charge in [0.15, 0.2) is 0 Å². The Hall–Kier alpha value is -0.770. The second-order valence-electron chi connectivity index (χ2n) is 5.38. The van der Waals surface area contributed by atoms with Crippen LogP contribution in [0.1, 0.15) is 44.9 Å². The predicted molar refractivity (Wildman–Crippen MR) is 69.0 cm³/mol. The van der Waals surface area contributed by atoms with Crippen molar-refractivity contribution in [3.05, 3.63) is 0 Å². The molecule has 0 aromatic rings. The average molecular weight is 239 g/mol. The van der Waals surface area contributed by atoms with Crippen molar-refractivity contribution in [2.24, 2.45) is 5.92 Å². The van der Waals surface area contributed by atoms with Crippen molar-refractivity contribution >= 4 is 6.03 Å². The third kappa shape index (κ3) is 4.54. The summed E-state index contributed by atoms with van der Waals surface area (Å²) < 4.78 is 0. The first-order valence-corrected chi connectivity index (χ1v) is 7.09. The van der Waals surface area contributed by atoms with Crippen molar-refractivity contribution in [3.8, 4) is 0 Å². The van der Waals surface area contributed by atoms with Gasteiger partial charge in [0.25, 0.3) is 0 Å². The van der Waals surface area contributed by atoms with Crippen LogP contribution in [0.3, 0.4) is 0 Å². The van der Waals surface area contributed by atoms with E-state index in [1.807, 2.05) is 0 Å². The van der Waals surface area contributed by atoms with Crippen LogP contribution in [-0.4, -0.2) is 31.7 Å². The number of hydrogen-bond donors (Lipinski definition) is 3. The fourth-order valence-corrected chi connectivity index (χ4v) is 2.87. The molecular weight excluding hydrogens is 214 g/mol. The van der Waals surface area contributed by atoms with Gasteiger partial charge in [-0.1, -0.05) is 12.8 Å². The van der Waals surface area contributed by atoms with Crippen LogP contribution in [0.25, 0.3) is 0 Å². The summed E-state index contributed by atoms with van der Waals surface area (Å²) in [5.41, 5.74) is 0. The molecule has 1 saturated carbocycles. The van der Waals surface area contributed by atoms with Crippen LogP contribution in [0.5, 0.6) is 0 Å². The van der Waals surface area contributed by atoms with Gasteiger partial charge in [-0.15, -0.1) is 0 Å². The average Bonchev–Trinajstić information content (AvgIpc) is 2.83. The number of amides is 2. The van der Waals surface area contributed by atoms with Gasteiger partial charge in [-0.3, -0.25) is 0 Å². The molecule has 0 spiro atoms. The quantitative estimate of drug-likeness (QED) is 0.698. The van der Waals surface area contributed by atoms with Crippen molar-refractivity contribution in [1.82, 2.24) is 16.0 Å². The summed E-state index contributed by atoms with van der Waals surface area (Å²) in [6.07, 6.45) is 8.51. The number of hydrogen-bond acceptors (Lipinski definition) is 2. The number of piperidine rings is 1. The highest BCUT2D eigenvalue weighted by molar-refractivity contribution is 5.74. The van der Waals surface area contributed by atoms with Gasteiger partial charge in [0.05, 0.1) is 0 Å². The Morgan fingerprint density at radius 1 is 1.18 bits per heavy atom. The molecule has 1 heterocycles. The summed E-state index contributed by atoms with van der Waals surface area (Å²) in [5.74, 6) is 0.746. The summed E-state index contributed by atoms with van der Waals surface area (Å²) in [6.45, 7) is 3.09.